The van der Waals surface area contributed by atoms with Crippen LogP contribution in [0.5, 0.6) is 0 Å². The third-order valence-electron chi connectivity index (χ3n) is 3.34. The summed E-state index contributed by atoms with van der Waals surface area (Å²) in [5, 5.41) is 18.7. The molecule has 0 spiro atoms. The molecule has 1 aliphatic heterocycles. The van der Waals surface area contributed by atoms with Crippen LogP contribution in [-0.2, 0) is 10.5 Å². The molecule has 5 nitrogen and oxygen atoms in total. The van der Waals surface area contributed by atoms with Gasteiger partial charge in [-0.25, -0.2) is 4.79 Å². The first-order valence-electron chi connectivity index (χ1n) is 6.32. The van der Waals surface area contributed by atoms with Gasteiger partial charge in [-0.2, -0.15) is 11.8 Å². The zero-order chi connectivity index (χ0) is 14.7. The minimum absolute atomic E-state index is 0.0718. The molecule has 0 aliphatic carbocycles. The molecule has 2 atom stereocenters. The zero-order valence-electron chi connectivity index (χ0n) is 11.2. The van der Waals surface area contributed by atoms with Crippen LogP contribution in [0.2, 0.25) is 0 Å². The molecule has 1 fully saturated rings. The molecule has 1 aromatic carbocycles. The molecule has 6 heteroatoms. The van der Waals surface area contributed by atoms with Gasteiger partial charge in [-0.05, 0) is 24.0 Å². The van der Waals surface area contributed by atoms with Gasteiger partial charge in [0.05, 0.1) is 6.10 Å². The van der Waals surface area contributed by atoms with Crippen molar-refractivity contribution in [2.24, 2.45) is 0 Å². The number of carbonyl (C=O) groups is 2. The second kappa shape index (κ2) is 6.28. The number of aliphatic carboxylic acids is 1. The summed E-state index contributed by atoms with van der Waals surface area (Å²) in [7, 11) is 0. The number of amides is 1. The lowest BCUT2D eigenvalue weighted by atomic mass is 10.1. The normalized spacial score (nSPS) is 22.0. The minimum atomic E-state index is -1.08. The van der Waals surface area contributed by atoms with Gasteiger partial charge in [0.15, 0.2) is 0 Å². The second-order valence-corrected chi connectivity index (χ2v) is 5.70. The molecular formula is C14H17NO4S. The summed E-state index contributed by atoms with van der Waals surface area (Å²) < 4.78 is 0. The number of rotatable bonds is 4. The van der Waals surface area contributed by atoms with Crippen LogP contribution >= 0.6 is 11.8 Å². The fourth-order valence-corrected chi connectivity index (χ4v) is 2.87. The Morgan fingerprint density at radius 2 is 2.00 bits per heavy atom. The molecule has 0 bridgehead atoms. The van der Waals surface area contributed by atoms with Gasteiger partial charge in [-0.1, -0.05) is 12.1 Å². The summed E-state index contributed by atoms with van der Waals surface area (Å²) in [6, 6.07) is 6.20. The van der Waals surface area contributed by atoms with Crippen LogP contribution in [0, 0.1) is 0 Å². The molecule has 1 aliphatic rings. The number of carboxylic acids is 1. The Morgan fingerprint density at radius 3 is 2.55 bits per heavy atom. The fourth-order valence-electron chi connectivity index (χ4n) is 2.35. The Morgan fingerprint density at radius 1 is 1.35 bits per heavy atom. The van der Waals surface area contributed by atoms with Crippen molar-refractivity contribution in [3.05, 3.63) is 35.4 Å². The van der Waals surface area contributed by atoms with Crippen molar-refractivity contribution >= 4 is 23.6 Å². The zero-order valence-corrected chi connectivity index (χ0v) is 12.0. The lowest BCUT2D eigenvalue weighted by Gasteiger charge is -2.21. The van der Waals surface area contributed by atoms with E-state index in [1.165, 1.54) is 4.90 Å². The first-order chi connectivity index (χ1) is 9.52. The molecule has 0 saturated carbocycles. The molecule has 108 valence electrons. The van der Waals surface area contributed by atoms with Gasteiger partial charge in [0.25, 0.3) is 5.91 Å². The van der Waals surface area contributed by atoms with E-state index in [-0.39, 0.29) is 18.9 Å². The number of carboxylic acid groups (broad SMARTS) is 1. The van der Waals surface area contributed by atoms with Gasteiger partial charge in [-0.15, -0.1) is 0 Å². The lowest BCUT2D eigenvalue weighted by Crippen LogP contribution is -2.40. The van der Waals surface area contributed by atoms with Crippen LogP contribution in [0.1, 0.15) is 22.3 Å². The number of aliphatic hydroxyl groups excluding tert-OH is 1. The number of aliphatic hydroxyl groups is 1. The molecule has 1 amide bonds. The molecule has 1 heterocycles. The van der Waals surface area contributed by atoms with Gasteiger partial charge >= 0.3 is 5.97 Å². The maximum absolute atomic E-state index is 12.3. The quantitative estimate of drug-likeness (QED) is 0.873. The highest BCUT2D eigenvalue weighted by Crippen LogP contribution is 2.21. The molecule has 0 unspecified atom stereocenters. The first-order valence-corrected chi connectivity index (χ1v) is 7.72. The van der Waals surface area contributed by atoms with E-state index in [1.54, 1.807) is 23.9 Å². The minimum Gasteiger partial charge on any atom is -0.480 e. The number of hydrogen-bond acceptors (Lipinski definition) is 4. The third-order valence-corrected chi connectivity index (χ3v) is 3.96. The molecule has 2 N–H and O–H groups in total. The van der Waals surface area contributed by atoms with Crippen molar-refractivity contribution in [1.29, 1.82) is 0 Å². The Labute approximate surface area is 121 Å². The number of nitrogens with zero attached hydrogens (tertiary/aromatic N) is 1. The topological polar surface area (TPSA) is 77.8 Å². The summed E-state index contributed by atoms with van der Waals surface area (Å²) in [5.74, 6) is -0.548. The van der Waals surface area contributed by atoms with Crippen LogP contribution in [0.3, 0.4) is 0 Å². The van der Waals surface area contributed by atoms with Gasteiger partial charge in [-0.3, -0.25) is 4.79 Å². The Kier molecular flexibility index (Phi) is 4.67. The van der Waals surface area contributed by atoms with E-state index in [2.05, 4.69) is 0 Å². The van der Waals surface area contributed by atoms with Crippen LogP contribution in [0.25, 0.3) is 0 Å². The van der Waals surface area contributed by atoms with Crippen LogP contribution in [0.4, 0.5) is 0 Å². The number of β-amino-alcohol motifs (C(OH)–C–C–N with tert-alkyl or cyclic N) is 1. The predicted molar refractivity (Wildman–Crippen MR) is 76.7 cm³/mol. The summed E-state index contributed by atoms with van der Waals surface area (Å²) in [4.78, 5) is 24.7. The van der Waals surface area contributed by atoms with E-state index in [9.17, 15) is 14.7 Å². The van der Waals surface area contributed by atoms with Crippen molar-refractivity contribution < 1.29 is 19.8 Å². The van der Waals surface area contributed by atoms with Gasteiger partial charge in [0, 0.05) is 24.3 Å². The Bertz CT molecular complexity index is 502. The molecule has 1 aromatic rings. The standard InChI is InChI=1S/C14H17NO4S/c1-20-8-9-2-4-10(5-3-9)13(17)15-7-11(16)6-12(15)14(18)19/h2-5,11-12,16H,6-8H2,1H3,(H,18,19)/t11-,12-/m1/s1. The van der Waals surface area contributed by atoms with Crippen molar-refractivity contribution in [3.63, 3.8) is 0 Å². The molecule has 1 saturated heterocycles. The van der Waals surface area contributed by atoms with Crippen molar-refractivity contribution in [2.45, 2.75) is 24.3 Å². The highest BCUT2D eigenvalue weighted by molar-refractivity contribution is 7.97. The highest BCUT2D eigenvalue weighted by Gasteiger charge is 2.39. The van der Waals surface area contributed by atoms with Crippen LogP contribution < -0.4 is 0 Å². The molecule has 0 aromatic heterocycles. The smallest absolute Gasteiger partial charge is 0.326 e. The number of likely N-dealkylation sites (tertiary alicyclic amines) is 1. The summed E-state index contributed by atoms with van der Waals surface area (Å²) in [6.45, 7) is 0.0718. The number of hydrogen-bond donors (Lipinski definition) is 2. The number of benzene rings is 1. The average Bonchev–Trinajstić information content (AvgIpc) is 2.81. The van der Waals surface area contributed by atoms with E-state index in [0.29, 0.717) is 5.56 Å². The van der Waals surface area contributed by atoms with Crippen LogP contribution in [0.15, 0.2) is 24.3 Å². The van der Waals surface area contributed by atoms with Crippen LogP contribution in [-0.4, -0.2) is 51.9 Å². The fraction of sp³-hybridized carbons (Fsp3) is 0.429. The summed E-state index contributed by atoms with van der Waals surface area (Å²) in [5.41, 5.74) is 1.57. The largest absolute Gasteiger partial charge is 0.480 e. The van der Waals surface area contributed by atoms with E-state index >= 15 is 0 Å². The maximum Gasteiger partial charge on any atom is 0.326 e. The van der Waals surface area contributed by atoms with E-state index in [1.807, 2.05) is 18.4 Å². The average molecular weight is 295 g/mol. The van der Waals surface area contributed by atoms with Gasteiger partial charge in [0.1, 0.15) is 6.04 Å². The number of thioether (sulfide) groups is 1. The van der Waals surface area contributed by atoms with Crippen molar-refractivity contribution in [1.82, 2.24) is 4.90 Å². The lowest BCUT2D eigenvalue weighted by molar-refractivity contribution is -0.141. The van der Waals surface area contributed by atoms with Gasteiger partial charge in [0.2, 0.25) is 0 Å². The van der Waals surface area contributed by atoms with E-state index in [4.69, 9.17) is 5.11 Å². The van der Waals surface area contributed by atoms with E-state index < -0.39 is 18.1 Å². The molecular weight excluding hydrogens is 278 g/mol. The molecule has 0 radical (unpaired) electrons. The summed E-state index contributed by atoms with van der Waals surface area (Å²) >= 11 is 1.69. The molecule has 20 heavy (non-hydrogen) atoms. The Balaban J connectivity index is 2.15. The van der Waals surface area contributed by atoms with Crippen molar-refractivity contribution in [3.8, 4) is 0 Å². The molecule has 2 rings (SSSR count). The SMILES string of the molecule is CSCc1ccc(C(=O)N2C[C@H](O)C[C@@H]2C(=O)O)cc1. The summed E-state index contributed by atoms with van der Waals surface area (Å²) in [6.07, 6.45) is 1.32. The maximum atomic E-state index is 12.3. The first kappa shape index (κ1) is 14.9. The van der Waals surface area contributed by atoms with Crippen molar-refractivity contribution in [2.75, 3.05) is 12.8 Å². The second-order valence-electron chi connectivity index (χ2n) is 4.83. The van der Waals surface area contributed by atoms with E-state index in [0.717, 1.165) is 11.3 Å². The highest BCUT2D eigenvalue weighted by atomic mass is 32.2. The Hall–Kier alpha value is -1.53. The predicted octanol–water partition coefficient (Wildman–Crippen LogP) is 1.21. The number of carbonyl (C=O) groups excluding carboxylic acids is 1. The monoisotopic (exact) mass is 295 g/mol. The third kappa shape index (κ3) is 3.13. The van der Waals surface area contributed by atoms with Gasteiger partial charge < -0.3 is 15.1 Å².